The zero-order valence-electron chi connectivity index (χ0n) is 11.3. The van der Waals surface area contributed by atoms with Crippen LogP contribution in [-0.4, -0.2) is 20.8 Å². The van der Waals surface area contributed by atoms with Gasteiger partial charge < -0.3 is 15.2 Å². The van der Waals surface area contributed by atoms with E-state index in [1.165, 1.54) is 5.56 Å². The lowest BCUT2D eigenvalue weighted by atomic mass is 10.0. The largest absolute Gasteiger partial charge is 0.495 e. The van der Waals surface area contributed by atoms with Crippen LogP contribution in [0.5, 0.6) is 5.75 Å². The predicted molar refractivity (Wildman–Crippen MR) is 78.4 cm³/mol. The molecule has 0 aliphatic rings. The van der Waals surface area contributed by atoms with Crippen LogP contribution in [0.3, 0.4) is 0 Å². The summed E-state index contributed by atoms with van der Waals surface area (Å²) in [7, 11) is 3.34. The van der Waals surface area contributed by atoms with Gasteiger partial charge >= 0.3 is 0 Å². The van der Waals surface area contributed by atoms with Gasteiger partial charge in [-0.25, -0.2) is 0 Å². The minimum atomic E-state index is 0.656. The summed E-state index contributed by atoms with van der Waals surface area (Å²) in [6.07, 6.45) is 0.932. The van der Waals surface area contributed by atoms with Crippen molar-refractivity contribution in [2.45, 2.75) is 6.42 Å². The number of rotatable bonds is 5. The Morgan fingerprint density at radius 3 is 2.21 bits per heavy atom. The van der Waals surface area contributed by atoms with Crippen molar-refractivity contribution in [2.24, 2.45) is 0 Å². The highest BCUT2D eigenvalue weighted by molar-refractivity contribution is 5.70. The van der Waals surface area contributed by atoms with Crippen molar-refractivity contribution >= 4 is 5.69 Å². The topological polar surface area (TPSA) is 44.5 Å². The summed E-state index contributed by atoms with van der Waals surface area (Å²) in [5.74, 6) is 0.709. The first-order chi connectivity index (χ1) is 9.24. The molecule has 2 aromatic carbocycles. The van der Waals surface area contributed by atoms with Gasteiger partial charge in [-0.15, -0.1) is 0 Å². The van der Waals surface area contributed by atoms with E-state index < -0.39 is 0 Å². The highest BCUT2D eigenvalue weighted by Crippen LogP contribution is 2.28. The highest BCUT2D eigenvalue weighted by atomic mass is 16.5. The Hall–Kier alpha value is -2.00. The Morgan fingerprint density at radius 1 is 0.947 bits per heavy atom. The van der Waals surface area contributed by atoms with E-state index in [-0.39, 0.29) is 0 Å². The summed E-state index contributed by atoms with van der Waals surface area (Å²) in [5, 5.41) is 0. The van der Waals surface area contributed by atoms with E-state index in [0.717, 1.165) is 24.2 Å². The Bertz CT molecular complexity index is 535. The van der Waals surface area contributed by atoms with Gasteiger partial charge in [0.1, 0.15) is 5.75 Å². The van der Waals surface area contributed by atoms with Crippen LogP contribution in [0.15, 0.2) is 42.5 Å². The third-order valence-electron chi connectivity index (χ3n) is 3.11. The van der Waals surface area contributed by atoms with E-state index in [4.69, 9.17) is 15.2 Å². The van der Waals surface area contributed by atoms with Gasteiger partial charge in [0.2, 0.25) is 0 Å². The molecular formula is C16H19NO2. The van der Waals surface area contributed by atoms with E-state index in [0.29, 0.717) is 11.4 Å². The van der Waals surface area contributed by atoms with Crippen molar-refractivity contribution in [3.05, 3.63) is 48.0 Å². The molecule has 0 spiro atoms. The quantitative estimate of drug-likeness (QED) is 0.837. The van der Waals surface area contributed by atoms with Crippen LogP contribution in [0, 0.1) is 0 Å². The molecule has 0 aliphatic carbocycles. The summed E-state index contributed by atoms with van der Waals surface area (Å²) < 4.78 is 10.2. The number of hydrogen-bond donors (Lipinski definition) is 1. The smallest absolute Gasteiger partial charge is 0.141 e. The minimum Gasteiger partial charge on any atom is -0.495 e. The van der Waals surface area contributed by atoms with E-state index in [9.17, 15) is 0 Å². The molecule has 0 fully saturated rings. The SMILES string of the molecule is COCCc1ccc(-c2ccc(OC)c(N)c2)cc1. The molecule has 0 atom stereocenters. The zero-order chi connectivity index (χ0) is 13.7. The molecule has 0 heterocycles. The van der Waals surface area contributed by atoms with Crippen molar-refractivity contribution in [3.63, 3.8) is 0 Å². The van der Waals surface area contributed by atoms with Gasteiger partial charge in [-0.05, 0) is 35.2 Å². The third-order valence-corrected chi connectivity index (χ3v) is 3.11. The molecule has 0 saturated heterocycles. The first-order valence-corrected chi connectivity index (χ1v) is 6.26. The minimum absolute atomic E-state index is 0.656. The van der Waals surface area contributed by atoms with E-state index in [1.807, 2.05) is 18.2 Å². The predicted octanol–water partition coefficient (Wildman–Crippen LogP) is 3.13. The summed E-state index contributed by atoms with van der Waals surface area (Å²) in [6.45, 7) is 0.745. The number of nitrogen functional groups attached to an aromatic ring is 1. The van der Waals surface area contributed by atoms with E-state index >= 15 is 0 Å². The van der Waals surface area contributed by atoms with Gasteiger partial charge in [0.15, 0.2) is 0 Å². The molecule has 3 heteroatoms. The fourth-order valence-corrected chi connectivity index (χ4v) is 2.00. The fourth-order valence-electron chi connectivity index (χ4n) is 2.00. The number of anilines is 1. The van der Waals surface area contributed by atoms with Gasteiger partial charge in [-0.3, -0.25) is 0 Å². The van der Waals surface area contributed by atoms with E-state index in [1.54, 1.807) is 14.2 Å². The van der Waals surface area contributed by atoms with Gasteiger partial charge in [0, 0.05) is 7.11 Å². The maximum Gasteiger partial charge on any atom is 0.141 e. The highest BCUT2D eigenvalue weighted by Gasteiger charge is 2.03. The lowest BCUT2D eigenvalue weighted by molar-refractivity contribution is 0.202. The Labute approximate surface area is 114 Å². The van der Waals surface area contributed by atoms with Crippen LogP contribution in [0.2, 0.25) is 0 Å². The van der Waals surface area contributed by atoms with Crippen molar-refractivity contribution in [1.29, 1.82) is 0 Å². The second-order valence-electron chi connectivity index (χ2n) is 4.40. The number of ether oxygens (including phenoxy) is 2. The monoisotopic (exact) mass is 257 g/mol. The molecule has 100 valence electrons. The van der Waals surface area contributed by atoms with Gasteiger partial charge in [0.05, 0.1) is 19.4 Å². The molecule has 2 aromatic rings. The number of methoxy groups -OCH3 is 2. The Kier molecular flexibility index (Phi) is 4.42. The number of nitrogens with two attached hydrogens (primary N) is 1. The van der Waals surface area contributed by atoms with Crippen molar-refractivity contribution in [2.75, 3.05) is 26.6 Å². The molecule has 0 unspecified atom stereocenters. The van der Waals surface area contributed by atoms with Crippen LogP contribution < -0.4 is 10.5 Å². The third kappa shape index (κ3) is 3.26. The summed E-state index contributed by atoms with van der Waals surface area (Å²) in [6, 6.07) is 14.3. The fraction of sp³-hybridized carbons (Fsp3) is 0.250. The van der Waals surface area contributed by atoms with Crippen LogP contribution in [0.4, 0.5) is 5.69 Å². The van der Waals surface area contributed by atoms with Crippen LogP contribution in [-0.2, 0) is 11.2 Å². The van der Waals surface area contributed by atoms with Crippen molar-refractivity contribution in [1.82, 2.24) is 0 Å². The van der Waals surface area contributed by atoms with Crippen LogP contribution in [0.1, 0.15) is 5.56 Å². The second-order valence-corrected chi connectivity index (χ2v) is 4.40. The standard InChI is InChI=1S/C16H19NO2/c1-18-10-9-12-3-5-13(6-4-12)14-7-8-16(19-2)15(17)11-14/h3-8,11H,9-10,17H2,1-2H3. The molecule has 2 rings (SSSR count). The number of hydrogen-bond acceptors (Lipinski definition) is 3. The molecule has 19 heavy (non-hydrogen) atoms. The molecule has 0 bridgehead atoms. The van der Waals surface area contributed by atoms with Crippen molar-refractivity contribution in [3.8, 4) is 16.9 Å². The van der Waals surface area contributed by atoms with Crippen LogP contribution in [0.25, 0.3) is 11.1 Å². The molecule has 0 amide bonds. The Balaban J connectivity index is 2.19. The van der Waals surface area contributed by atoms with Crippen molar-refractivity contribution < 1.29 is 9.47 Å². The maximum absolute atomic E-state index is 5.92. The first kappa shape index (κ1) is 13.4. The molecule has 0 aromatic heterocycles. The van der Waals surface area contributed by atoms with E-state index in [2.05, 4.69) is 24.3 Å². The molecule has 2 N–H and O–H groups in total. The van der Waals surface area contributed by atoms with Gasteiger partial charge in [-0.1, -0.05) is 30.3 Å². The molecule has 0 radical (unpaired) electrons. The number of benzene rings is 2. The van der Waals surface area contributed by atoms with Gasteiger partial charge in [0.25, 0.3) is 0 Å². The molecule has 0 aliphatic heterocycles. The second kappa shape index (κ2) is 6.25. The van der Waals surface area contributed by atoms with Gasteiger partial charge in [-0.2, -0.15) is 0 Å². The lowest BCUT2D eigenvalue weighted by Crippen LogP contribution is -1.94. The normalized spacial score (nSPS) is 10.4. The first-order valence-electron chi connectivity index (χ1n) is 6.26. The average molecular weight is 257 g/mol. The molecule has 3 nitrogen and oxygen atoms in total. The summed E-state index contributed by atoms with van der Waals surface area (Å²) in [4.78, 5) is 0. The molecule has 0 saturated carbocycles. The zero-order valence-corrected chi connectivity index (χ0v) is 11.3. The lowest BCUT2D eigenvalue weighted by Gasteiger charge is -2.08. The Morgan fingerprint density at radius 2 is 1.63 bits per heavy atom. The van der Waals surface area contributed by atoms with Crippen LogP contribution >= 0.6 is 0 Å². The average Bonchev–Trinajstić information content (AvgIpc) is 2.45. The summed E-state index contributed by atoms with van der Waals surface area (Å²) >= 11 is 0. The summed E-state index contributed by atoms with van der Waals surface area (Å²) in [5.41, 5.74) is 10.1. The maximum atomic E-state index is 5.92. The molecular weight excluding hydrogens is 238 g/mol.